The van der Waals surface area contributed by atoms with Gasteiger partial charge >= 0.3 is 0 Å². The van der Waals surface area contributed by atoms with Crippen molar-refractivity contribution in [2.75, 3.05) is 11.9 Å². The van der Waals surface area contributed by atoms with Crippen LogP contribution < -0.4 is 5.32 Å². The van der Waals surface area contributed by atoms with Crippen LogP contribution in [0.1, 0.15) is 52.0 Å². The summed E-state index contributed by atoms with van der Waals surface area (Å²) < 4.78 is 0. The van der Waals surface area contributed by atoms with Crippen LogP contribution in [-0.4, -0.2) is 6.54 Å². The third kappa shape index (κ3) is 4.15. The molecule has 1 aromatic rings. The maximum Gasteiger partial charge on any atom is 0.0637 e. The number of rotatable bonds is 3. The second kappa shape index (κ2) is 6.39. The predicted octanol–water partition coefficient (Wildman–Crippen LogP) is 5.91. The Kier molecular flexibility index (Phi) is 5.01. The van der Waals surface area contributed by atoms with E-state index in [0.29, 0.717) is 5.41 Å². The fourth-order valence-corrected chi connectivity index (χ4v) is 3.45. The summed E-state index contributed by atoms with van der Waals surface area (Å²) in [5.74, 6) is 1.69. The molecule has 1 fully saturated rings. The quantitative estimate of drug-likeness (QED) is 0.730. The summed E-state index contributed by atoms with van der Waals surface area (Å²) >= 11 is 6.23. The first-order valence-corrected chi connectivity index (χ1v) is 8.24. The zero-order valence-electron chi connectivity index (χ0n) is 13.3. The molecule has 1 aliphatic carbocycles. The lowest BCUT2D eigenvalue weighted by atomic mass is 9.70. The molecule has 1 nitrogen and oxygen atoms in total. The van der Waals surface area contributed by atoms with Crippen LogP contribution in [0.2, 0.25) is 5.02 Å². The summed E-state index contributed by atoms with van der Waals surface area (Å²) in [6.45, 7) is 10.3. The molecule has 0 bridgehead atoms. The molecule has 0 spiro atoms. The first-order chi connectivity index (χ1) is 9.36. The molecule has 0 aromatic heterocycles. The van der Waals surface area contributed by atoms with Crippen molar-refractivity contribution in [3.63, 3.8) is 0 Å². The Morgan fingerprint density at radius 3 is 2.40 bits per heavy atom. The molecule has 1 saturated carbocycles. The van der Waals surface area contributed by atoms with E-state index in [4.69, 9.17) is 11.6 Å². The van der Waals surface area contributed by atoms with E-state index in [2.05, 4.69) is 45.1 Å². The summed E-state index contributed by atoms with van der Waals surface area (Å²) in [5, 5.41) is 4.38. The third-order valence-electron chi connectivity index (χ3n) is 4.77. The van der Waals surface area contributed by atoms with E-state index in [-0.39, 0.29) is 0 Å². The smallest absolute Gasteiger partial charge is 0.0637 e. The van der Waals surface area contributed by atoms with Crippen molar-refractivity contribution in [2.45, 2.75) is 53.4 Å². The number of hydrogen-bond acceptors (Lipinski definition) is 1. The van der Waals surface area contributed by atoms with Gasteiger partial charge in [-0.1, -0.05) is 38.4 Å². The van der Waals surface area contributed by atoms with Gasteiger partial charge in [-0.2, -0.15) is 0 Å². The Morgan fingerprint density at radius 1 is 1.15 bits per heavy atom. The van der Waals surface area contributed by atoms with Crippen molar-refractivity contribution < 1.29 is 0 Å². The molecule has 0 amide bonds. The third-order valence-corrected chi connectivity index (χ3v) is 5.10. The molecule has 0 aliphatic heterocycles. The van der Waals surface area contributed by atoms with Gasteiger partial charge < -0.3 is 5.32 Å². The number of nitrogens with one attached hydrogen (secondary N) is 1. The highest BCUT2D eigenvalue weighted by Gasteiger charge is 2.29. The van der Waals surface area contributed by atoms with Crippen LogP contribution >= 0.6 is 11.6 Å². The molecule has 0 atom stereocenters. The maximum atomic E-state index is 6.23. The van der Waals surface area contributed by atoms with E-state index < -0.39 is 0 Å². The largest absolute Gasteiger partial charge is 0.384 e. The Morgan fingerprint density at radius 2 is 1.80 bits per heavy atom. The van der Waals surface area contributed by atoms with E-state index in [1.54, 1.807) is 0 Å². The van der Waals surface area contributed by atoms with E-state index in [0.717, 1.165) is 29.1 Å². The van der Waals surface area contributed by atoms with Gasteiger partial charge in [0.1, 0.15) is 0 Å². The van der Waals surface area contributed by atoms with Gasteiger partial charge in [0.25, 0.3) is 0 Å². The van der Waals surface area contributed by atoms with Gasteiger partial charge in [0.15, 0.2) is 0 Å². The second-order valence-electron chi connectivity index (χ2n) is 7.45. The summed E-state index contributed by atoms with van der Waals surface area (Å²) in [4.78, 5) is 0. The topological polar surface area (TPSA) is 12.0 Å². The van der Waals surface area contributed by atoms with Crippen LogP contribution in [0, 0.1) is 24.2 Å². The monoisotopic (exact) mass is 293 g/mol. The molecule has 20 heavy (non-hydrogen) atoms. The number of anilines is 1. The highest BCUT2D eigenvalue weighted by Crippen LogP contribution is 2.39. The average Bonchev–Trinajstić information content (AvgIpc) is 2.39. The van der Waals surface area contributed by atoms with E-state index in [9.17, 15) is 0 Å². The summed E-state index contributed by atoms with van der Waals surface area (Å²) in [7, 11) is 0. The number of halogens is 1. The summed E-state index contributed by atoms with van der Waals surface area (Å²) in [6, 6.07) is 6.18. The Hall–Kier alpha value is -0.690. The van der Waals surface area contributed by atoms with Gasteiger partial charge in [0.05, 0.1) is 10.7 Å². The van der Waals surface area contributed by atoms with Crippen LogP contribution in [0.4, 0.5) is 5.69 Å². The fraction of sp³-hybridized carbons (Fsp3) is 0.667. The van der Waals surface area contributed by atoms with Gasteiger partial charge in [-0.25, -0.2) is 0 Å². The van der Waals surface area contributed by atoms with Crippen molar-refractivity contribution in [1.82, 2.24) is 0 Å². The first kappa shape index (κ1) is 15.7. The molecule has 2 rings (SSSR count). The standard InChI is InChI=1S/C18H28ClN/c1-13-5-10-16(19)17(11-13)20-12-14-6-8-15(9-7-14)18(2,3)4/h5,10-11,14-15,20H,6-9,12H2,1-4H3. The highest BCUT2D eigenvalue weighted by molar-refractivity contribution is 6.33. The van der Waals surface area contributed by atoms with Crippen LogP contribution in [0.15, 0.2) is 18.2 Å². The normalized spacial score (nSPS) is 23.6. The lowest BCUT2D eigenvalue weighted by molar-refractivity contribution is 0.153. The Labute approximate surface area is 129 Å². The molecule has 0 heterocycles. The minimum absolute atomic E-state index is 0.470. The predicted molar refractivity (Wildman–Crippen MR) is 89.6 cm³/mol. The average molecular weight is 294 g/mol. The van der Waals surface area contributed by atoms with Crippen molar-refractivity contribution in [1.29, 1.82) is 0 Å². The van der Waals surface area contributed by atoms with Gasteiger partial charge in [-0.05, 0) is 67.6 Å². The van der Waals surface area contributed by atoms with E-state index in [1.807, 2.05) is 6.07 Å². The first-order valence-electron chi connectivity index (χ1n) is 7.86. The Balaban J connectivity index is 1.83. The van der Waals surface area contributed by atoms with E-state index in [1.165, 1.54) is 31.2 Å². The minimum Gasteiger partial charge on any atom is -0.384 e. The zero-order valence-corrected chi connectivity index (χ0v) is 14.1. The van der Waals surface area contributed by atoms with Crippen molar-refractivity contribution in [2.24, 2.45) is 17.3 Å². The van der Waals surface area contributed by atoms with Crippen molar-refractivity contribution in [3.05, 3.63) is 28.8 Å². The summed E-state index contributed by atoms with van der Waals surface area (Å²) in [5.41, 5.74) is 2.82. The molecular weight excluding hydrogens is 266 g/mol. The molecular formula is C18H28ClN. The van der Waals surface area contributed by atoms with Crippen LogP contribution in [0.3, 0.4) is 0 Å². The molecule has 0 radical (unpaired) electrons. The molecule has 0 saturated heterocycles. The van der Waals surface area contributed by atoms with Crippen LogP contribution in [-0.2, 0) is 0 Å². The SMILES string of the molecule is Cc1ccc(Cl)c(NCC2CCC(C(C)(C)C)CC2)c1. The molecule has 112 valence electrons. The number of benzene rings is 1. The lowest BCUT2D eigenvalue weighted by Crippen LogP contribution is -2.28. The molecule has 1 aliphatic rings. The van der Waals surface area contributed by atoms with Crippen LogP contribution in [0.25, 0.3) is 0 Å². The molecule has 1 N–H and O–H groups in total. The fourth-order valence-electron chi connectivity index (χ4n) is 3.26. The zero-order chi connectivity index (χ0) is 14.8. The van der Waals surface area contributed by atoms with Crippen LogP contribution in [0.5, 0.6) is 0 Å². The number of hydrogen-bond donors (Lipinski definition) is 1. The molecule has 1 aromatic carbocycles. The van der Waals surface area contributed by atoms with Gasteiger partial charge in [-0.3, -0.25) is 0 Å². The molecule has 0 unspecified atom stereocenters. The number of aryl methyl sites for hydroxylation is 1. The summed E-state index contributed by atoms with van der Waals surface area (Å²) in [6.07, 6.45) is 5.44. The van der Waals surface area contributed by atoms with Gasteiger partial charge in [0, 0.05) is 6.54 Å². The van der Waals surface area contributed by atoms with Gasteiger partial charge in [-0.15, -0.1) is 0 Å². The van der Waals surface area contributed by atoms with Crippen molar-refractivity contribution >= 4 is 17.3 Å². The Bertz CT molecular complexity index is 439. The van der Waals surface area contributed by atoms with E-state index >= 15 is 0 Å². The minimum atomic E-state index is 0.470. The van der Waals surface area contributed by atoms with Crippen molar-refractivity contribution in [3.8, 4) is 0 Å². The molecule has 2 heteroatoms. The lowest BCUT2D eigenvalue weighted by Gasteiger charge is -2.37. The second-order valence-corrected chi connectivity index (χ2v) is 7.86. The van der Waals surface area contributed by atoms with Gasteiger partial charge in [0.2, 0.25) is 0 Å². The maximum absolute atomic E-state index is 6.23. The highest BCUT2D eigenvalue weighted by atomic mass is 35.5.